The van der Waals surface area contributed by atoms with Crippen LogP contribution in [0.4, 0.5) is 13.2 Å². The first-order chi connectivity index (χ1) is 9.97. The van der Waals surface area contributed by atoms with Crippen LogP contribution in [0.2, 0.25) is 0 Å². The third-order valence-corrected chi connectivity index (χ3v) is 4.80. The summed E-state index contributed by atoms with van der Waals surface area (Å²) >= 11 is 0. The number of hydrogen-bond acceptors (Lipinski definition) is 1. The van der Waals surface area contributed by atoms with Gasteiger partial charge in [-0.3, -0.25) is 0 Å². The minimum absolute atomic E-state index is 0.0116. The van der Waals surface area contributed by atoms with Crippen LogP contribution >= 0.6 is 0 Å². The van der Waals surface area contributed by atoms with E-state index >= 15 is 0 Å². The summed E-state index contributed by atoms with van der Waals surface area (Å²) in [6.07, 6.45) is 1.54. The summed E-state index contributed by atoms with van der Waals surface area (Å²) in [7, 11) is 1.85. The van der Waals surface area contributed by atoms with E-state index in [1.54, 1.807) is 0 Å². The van der Waals surface area contributed by atoms with Gasteiger partial charge in [0.05, 0.1) is 5.56 Å². The molecule has 0 amide bonds. The molecule has 2 rings (SSSR count). The fourth-order valence-electron chi connectivity index (χ4n) is 3.72. The molecular weight excluding hydrogens is 275 g/mol. The van der Waals surface area contributed by atoms with Crippen molar-refractivity contribution in [3.63, 3.8) is 0 Å². The summed E-state index contributed by atoms with van der Waals surface area (Å²) in [5.74, 6) is 1.03. The molecule has 0 spiro atoms. The first-order valence-corrected chi connectivity index (χ1v) is 7.81. The van der Waals surface area contributed by atoms with Crippen molar-refractivity contribution in [3.8, 4) is 0 Å². The highest BCUT2D eigenvalue weighted by Gasteiger charge is 2.34. The third-order valence-electron chi connectivity index (χ3n) is 4.80. The van der Waals surface area contributed by atoms with Crippen LogP contribution in [0.15, 0.2) is 24.3 Å². The molecule has 4 heteroatoms. The standard InChI is InChI=1S/C17H24F3N/c1-3-12-7-4-5-10-15(12)16(21-2)13-8-6-9-14(11-13)17(18,19)20/h6,8-9,11-12,15-16,21H,3-5,7,10H2,1-2H3. The maximum Gasteiger partial charge on any atom is 0.416 e. The number of alkyl halides is 3. The van der Waals surface area contributed by atoms with E-state index in [1.807, 2.05) is 13.1 Å². The van der Waals surface area contributed by atoms with Crippen LogP contribution in [0, 0.1) is 11.8 Å². The fraction of sp³-hybridized carbons (Fsp3) is 0.647. The zero-order chi connectivity index (χ0) is 15.5. The molecular formula is C17H24F3N. The highest BCUT2D eigenvalue weighted by Crippen LogP contribution is 2.41. The smallest absolute Gasteiger partial charge is 0.313 e. The molecule has 1 aromatic rings. The molecule has 1 nitrogen and oxygen atoms in total. The van der Waals surface area contributed by atoms with Gasteiger partial charge in [0.1, 0.15) is 0 Å². The van der Waals surface area contributed by atoms with Crippen molar-refractivity contribution < 1.29 is 13.2 Å². The fourth-order valence-corrected chi connectivity index (χ4v) is 3.72. The molecule has 0 aliphatic heterocycles. The third kappa shape index (κ3) is 3.79. The van der Waals surface area contributed by atoms with Gasteiger partial charge in [0.15, 0.2) is 0 Å². The van der Waals surface area contributed by atoms with Gasteiger partial charge in [-0.2, -0.15) is 13.2 Å². The molecule has 0 radical (unpaired) electrons. The van der Waals surface area contributed by atoms with Gasteiger partial charge >= 0.3 is 6.18 Å². The Bertz CT molecular complexity index is 456. The van der Waals surface area contributed by atoms with Crippen LogP contribution in [0.25, 0.3) is 0 Å². The summed E-state index contributed by atoms with van der Waals surface area (Å²) < 4.78 is 38.7. The Hall–Kier alpha value is -1.03. The van der Waals surface area contributed by atoms with Crippen LogP contribution < -0.4 is 5.32 Å². The first kappa shape index (κ1) is 16.3. The van der Waals surface area contributed by atoms with E-state index in [9.17, 15) is 13.2 Å². The van der Waals surface area contributed by atoms with E-state index in [-0.39, 0.29) is 6.04 Å². The van der Waals surface area contributed by atoms with E-state index in [0.717, 1.165) is 24.5 Å². The van der Waals surface area contributed by atoms with Crippen molar-refractivity contribution in [3.05, 3.63) is 35.4 Å². The molecule has 1 aromatic carbocycles. The number of hydrogen-bond donors (Lipinski definition) is 1. The van der Waals surface area contributed by atoms with Crippen LogP contribution in [-0.4, -0.2) is 7.05 Å². The van der Waals surface area contributed by atoms with Crippen molar-refractivity contribution in [1.29, 1.82) is 0 Å². The Balaban J connectivity index is 2.28. The number of halogens is 3. The van der Waals surface area contributed by atoms with Crippen LogP contribution in [-0.2, 0) is 6.18 Å². The van der Waals surface area contributed by atoms with Crippen LogP contribution in [0.3, 0.4) is 0 Å². The summed E-state index contributed by atoms with van der Waals surface area (Å²) in [5, 5.41) is 3.26. The number of rotatable bonds is 4. The molecule has 21 heavy (non-hydrogen) atoms. The zero-order valence-electron chi connectivity index (χ0n) is 12.7. The predicted molar refractivity (Wildman–Crippen MR) is 79.0 cm³/mol. The van der Waals surface area contributed by atoms with Crippen LogP contribution in [0.5, 0.6) is 0 Å². The van der Waals surface area contributed by atoms with Gasteiger partial charge in [0.2, 0.25) is 0 Å². The monoisotopic (exact) mass is 299 g/mol. The molecule has 3 atom stereocenters. The van der Waals surface area contributed by atoms with Gasteiger partial charge in [-0.1, -0.05) is 44.7 Å². The quantitative estimate of drug-likeness (QED) is 0.807. The highest BCUT2D eigenvalue weighted by atomic mass is 19.4. The van der Waals surface area contributed by atoms with E-state index in [4.69, 9.17) is 0 Å². The maximum absolute atomic E-state index is 12.9. The Kier molecular flexibility index (Phi) is 5.31. The number of nitrogens with one attached hydrogen (secondary N) is 1. The molecule has 1 N–H and O–H groups in total. The number of benzene rings is 1. The van der Waals surface area contributed by atoms with E-state index in [1.165, 1.54) is 31.4 Å². The first-order valence-electron chi connectivity index (χ1n) is 7.81. The highest BCUT2D eigenvalue weighted by molar-refractivity contribution is 5.28. The van der Waals surface area contributed by atoms with Crippen molar-refractivity contribution in [2.24, 2.45) is 11.8 Å². The summed E-state index contributed by atoms with van der Waals surface area (Å²) in [6, 6.07) is 5.80. The Morgan fingerprint density at radius 3 is 2.57 bits per heavy atom. The molecule has 1 aliphatic carbocycles. The normalized spacial score (nSPS) is 24.8. The summed E-state index contributed by atoms with van der Waals surface area (Å²) in [6.45, 7) is 2.18. The van der Waals surface area contributed by atoms with Crippen LogP contribution in [0.1, 0.15) is 56.2 Å². The molecule has 0 saturated heterocycles. The Morgan fingerprint density at radius 1 is 1.24 bits per heavy atom. The average Bonchev–Trinajstić information content (AvgIpc) is 2.48. The van der Waals surface area contributed by atoms with E-state index in [0.29, 0.717) is 11.8 Å². The van der Waals surface area contributed by atoms with E-state index < -0.39 is 11.7 Å². The predicted octanol–water partition coefficient (Wildman–Crippen LogP) is 5.18. The van der Waals surface area contributed by atoms with Crippen molar-refractivity contribution >= 4 is 0 Å². The lowest BCUT2D eigenvalue weighted by atomic mass is 9.72. The second-order valence-corrected chi connectivity index (χ2v) is 6.01. The lowest BCUT2D eigenvalue weighted by Gasteiger charge is -2.37. The minimum atomic E-state index is -4.27. The Morgan fingerprint density at radius 2 is 1.95 bits per heavy atom. The van der Waals surface area contributed by atoms with Gasteiger partial charge in [-0.05, 0) is 43.0 Å². The second-order valence-electron chi connectivity index (χ2n) is 6.01. The largest absolute Gasteiger partial charge is 0.416 e. The van der Waals surface area contributed by atoms with Crippen molar-refractivity contribution in [2.45, 2.75) is 51.2 Å². The van der Waals surface area contributed by atoms with E-state index in [2.05, 4.69) is 12.2 Å². The zero-order valence-corrected chi connectivity index (χ0v) is 12.7. The SMILES string of the molecule is CCC1CCCCC1C(NC)c1cccc(C(F)(F)F)c1. The average molecular weight is 299 g/mol. The topological polar surface area (TPSA) is 12.0 Å². The summed E-state index contributed by atoms with van der Waals surface area (Å²) in [4.78, 5) is 0. The molecule has 1 saturated carbocycles. The Labute approximate surface area is 124 Å². The van der Waals surface area contributed by atoms with Crippen molar-refractivity contribution in [2.75, 3.05) is 7.05 Å². The van der Waals surface area contributed by atoms with Gasteiger partial charge < -0.3 is 5.32 Å². The van der Waals surface area contributed by atoms with Gasteiger partial charge in [0.25, 0.3) is 0 Å². The molecule has 3 unspecified atom stereocenters. The van der Waals surface area contributed by atoms with Crippen molar-refractivity contribution in [1.82, 2.24) is 5.32 Å². The van der Waals surface area contributed by atoms with Gasteiger partial charge in [0, 0.05) is 6.04 Å². The molecule has 0 bridgehead atoms. The molecule has 0 heterocycles. The lowest BCUT2D eigenvalue weighted by molar-refractivity contribution is -0.137. The maximum atomic E-state index is 12.9. The molecule has 1 fully saturated rings. The minimum Gasteiger partial charge on any atom is -0.313 e. The second kappa shape index (κ2) is 6.82. The van der Waals surface area contributed by atoms with Gasteiger partial charge in [-0.25, -0.2) is 0 Å². The summed E-state index contributed by atoms with van der Waals surface area (Å²) in [5.41, 5.74) is 0.210. The molecule has 0 aromatic heterocycles. The lowest BCUT2D eigenvalue weighted by Crippen LogP contribution is -2.32. The van der Waals surface area contributed by atoms with Gasteiger partial charge in [-0.15, -0.1) is 0 Å². The molecule has 1 aliphatic rings. The molecule has 118 valence electrons.